The fourth-order valence-electron chi connectivity index (χ4n) is 1.94. The van der Waals surface area contributed by atoms with Gasteiger partial charge in [0.2, 0.25) is 0 Å². The van der Waals surface area contributed by atoms with Crippen LogP contribution in [-0.2, 0) is 12.7 Å². The summed E-state index contributed by atoms with van der Waals surface area (Å²) < 4.78 is 38.5. The number of phenolic OH excluding ortho intramolecular Hbond substituents is 1. The smallest absolute Gasteiger partial charge is 0.418 e. The second-order valence-electron chi connectivity index (χ2n) is 4.48. The number of anilines is 1. The van der Waals surface area contributed by atoms with Gasteiger partial charge in [-0.2, -0.15) is 13.2 Å². The normalized spacial score (nSPS) is 11.4. The highest BCUT2D eigenvalue weighted by Crippen LogP contribution is 2.35. The van der Waals surface area contributed by atoms with Gasteiger partial charge < -0.3 is 10.4 Å². The number of nitrogens with one attached hydrogen (secondary N) is 1. The maximum Gasteiger partial charge on any atom is 0.418 e. The molecule has 0 atom stereocenters. The molecule has 0 aliphatic carbocycles. The molecule has 5 heteroatoms. The predicted molar refractivity (Wildman–Crippen MR) is 71.6 cm³/mol. The third-order valence-corrected chi connectivity index (χ3v) is 3.02. The Balaban J connectivity index is 2.22. The summed E-state index contributed by atoms with van der Waals surface area (Å²) in [5.74, 6) is 0.101. The van der Waals surface area contributed by atoms with Crippen LogP contribution in [0.15, 0.2) is 42.5 Å². The number of halogens is 3. The first-order valence-corrected chi connectivity index (χ1v) is 6.07. The van der Waals surface area contributed by atoms with Crippen molar-refractivity contribution in [3.8, 4) is 5.75 Å². The summed E-state index contributed by atoms with van der Waals surface area (Å²) in [6.07, 6.45) is -4.40. The zero-order chi connectivity index (χ0) is 14.8. The molecule has 0 spiro atoms. The van der Waals surface area contributed by atoms with Crippen LogP contribution in [-0.4, -0.2) is 5.11 Å². The molecule has 2 aromatic rings. The largest absolute Gasteiger partial charge is 0.507 e. The molecule has 0 bridgehead atoms. The molecule has 0 aliphatic heterocycles. The Kier molecular flexibility index (Phi) is 3.88. The van der Waals surface area contributed by atoms with Gasteiger partial charge in [0.25, 0.3) is 0 Å². The summed E-state index contributed by atoms with van der Waals surface area (Å²) in [5.41, 5.74) is 0.531. The van der Waals surface area contributed by atoms with Crippen LogP contribution in [0.2, 0.25) is 0 Å². The standard InChI is InChI=1S/C15H14F3NO/c1-10-5-4-6-11(14(10)20)9-19-13-8-3-2-7-12(13)15(16,17)18/h2-8,19-20H,9H2,1H3. The quantitative estimate of drug-likeness (QED) is 0.877. The molecular weight excluding hydrogens is 267 g/mol. The van der Waals surface area contributed by atoms with Gasteiger partial charge in [0, 0.05) is 17.8 Å². The van der Waals surface area contributed by atoms with Gasteiger partial charge in [0.1, 0.15) is 5.75 Å². The Hall–Kier alpha value is -2.17. The van der Waals surface area contributed by atoms with Crippen LogP contribution >= 0.6 is 0 Å². The van der Waals surface area contributed by atoms with E-state index >= 15 is 0 Å². The second kappa shape index (κ2) is 5.45. The molecule has 0 unspecified atom stereocenters. The van der Waals surface area contributed by atoms with Crippen molar-refractivity contribution in [3.63, 3.8) is 0 Å². The van der Waals surface area contributed by atoms with E-state index < -0.39 is 11.7 Å². The number of rotatable bonds is 3. The van der Waals surface area contributed by atoms with E-state index in [1.807, 2.05) is 0 Å². The van der Waals surface area contributed by atoms with Crippen LogP contribution in [0.3, 0.4) is 0 Å². The maximum absolute atomic E-state index is 12.8. The Morgan fingerprint density at radius 2 is 1.75 bits per heavy atom. The van der Waals surface area contributed by atoms with Gasteiger partial charge in [-0.3, -0.25) is 0 Å². The van der Waals surface area contributed by atoms with Gasteiger partial charge in [-0.15, -0.1) is 0 Å². The van der Waals surface area contributed by atoms with Crippen LogP contribution in [0.1, 0.15) is 16.7 Å². The Bertz CT molecular complexity index is 608. The van der Waals surface area contributed by atoms with Crippen molar-refractivity contribution in [3.05, 3.63) is 59.2 Å². The third-order valence-electron chi connectivity index (χ3n) is 3.02. The molecule has 2 aromatic carbocycles. The first-order chi connectivity index (χ1) is 9.39. The van der Waals surface area contributed by atoms with E-state index in [4.69, 9.17) is 0 Å². The molecule has 2 rings (SSSR count). The van der Waals surface area contributed by atoms with Gasteiger partial charge in [-0.25, -0.2) is 0 Å². The van der Waals surface area contributed by atoms with Crippen LogP contribution in [0.4, 0.5) is 18.9 Å². The van der Waals surface area contributed by atoms with E-state index in [1.54, 1.807) is 25.1 Å². The second-order valence-corrected chi connectivity index (χ2v) is 4.48. The molecular formula is C15H14F3NO. The molecule has 0 heterocycles. The highest BCUT2D eigenvalue weighted by atomic mass is 19.4. The summed E-state index contributed by atoms with van der Waals surface area (Å²) >= 11 is 0. The minimum Gasteiger partial charge on any atom is -0.507 e. The molecule has 106 valence electrons. The molecule has 2 N–H and O–H groups in total. The van der Waals surface area contributed by atoms with E-state index in [9.17, 15) is 18.3 Å². The Morgan fingerprint density at radius 1 is 1.05 bits per heavy atom. The van der Waals surface area contributed by atoms with Crippen molar-refractivity contribution >= 4 is 5.69 Å². The highest BCUT2D eigenvalue weighted by molar-refractivity contribution is 5.53. The SMILES string of the molecule is Cc1cccc(CNc2ccccc2C(F)(F)F)c1O. The highest BCUT2D eigenvalue weighted by Gasteiger charge is 2.33. The van der Waals surface area contributed by atoms with Crippen LogP contribution < -0.4 is 5.32 Å². The van der Waals surface area contributed by atoms with E-state index in [-0.39, 0.29) is 18.0 Å². The van der Waals surface area contributed by atoms with Crippen molar-refractivity contribution in [2.24, 2.45) is 0 Å². The van der Waals surface area contributed by atoms with Gasteiger partial charge >= 0.3 is 6.18 Å². The fourth-order valence-corrected chi connectivity index (χ4v) is 1.94. The number of aryl methyl sites for hydroxylation is 1. The van der Waals surface area contributed by atoms with Gasteiger partial charge in [-0.05, 0) is 24.6 Å². The van der Waals surface area contributed by atoms with Crippen molar-refractivity contribution in [2.75, 3.05) is 5.32 Å². The lowest BCUT2D eigenvalue weighted by molar-refractivity contribution is -0.136. The lowest BCUT2D eigenvalue weighted by atomic mass is 10.1. The monoisotopic (exact) mass is 281 g/mol. The first-order valence-electron chi connectivity index (χ1n) is 6.07. The lowest BCUT2D eigenvalue weighted by Gasteiger charge is -2.15. The van der Waals surface area contributed by atoms with Crippen LogP contribution in [0, 0.1) is 6.92 Å². The van der Waals surface area contributed by atoms with E-state index in [0.717, 1.165) is 6.07 Å². The topological polar surface area (TPSA) is 32.3 Å². The van der Waals surface area contributed by atoms with Crippen molar-refractivity contribution < 1.29 is 18.3 Å². The zero-order valence-electron chi connectivity index (χ0n) is 10.8. The summed E-state index contributed by atoms with van der Waals surface area (Å²) in [6.45, 7) is 1.86. The van der Waals surface area contributed by atoms with Gasteiger partial charge in [-0.1, -0.05) is 30.3 Å². The number of benzene rings is 2. The fraction of sp³-hybridized carbons (Fsp3) is 0.200. The molecule has 0 saturated heterocycles. The summed E-state index contributed by atoms with van der Waals surface area (Å²) in [4.78, 5) is 0. The van der Waals surface area contributed by atoms with Gasteiger partial charge in [0.05, 0.1) is 5.56 Å². The van der Waals surface area contributed by atoms with E-state index in [1.165, 1.54) is 18.2 Å². The Morgan fingerprint density at radius 3 is 2.45 bits per heavy atom. The van der Waals surface area contributed by atoms with Crippen LogP contribution in [0.5, 0.6) is 5.75 Å². The number of phenols is 1. The number of aromatic hydroxyl groups is 1. The number of para-hydroxylation sites is 2. The van der Waals surface area contributed by atoms with E-state index in [0.29, 0.717) is 11.1 Å². The van der Waals surface area contributed by atoms with Crippen LogP contribution in [0.25, 0.3) is 0 Å². The molecule has 0 fully saturated rings. The number of hydrogen-bond donors (Lipinski definition) is 2. The molecule has 20 heavy (non-hydrogen) atoms. The predicted octanol–water partition coefficient (Wildman–Crippen LogP) is 4.33. The summed E-state index contributed by atoms with van der Waals surface area (Å²) in [5, 5.41) is 12.6. The number of hydrogen-bond acceptors (Lipinski definition) is 2. The first kappa shape index (κ1) is 14.2. The minimum absolute atomic E-state index is 0.000839. The Labute approximate surface area is 114 Å². The maximum atomic E-state index is 12.8. The molecule has 0 amide bonds. The molecule has 0 aromatic heterocycles. The van der Waals surface area contributed by atoms with E-state index in [2.05, 4.69) is 5.32 Å². The lowest BCUT2D eigenvalue weighted by Crippen LogP contribution is -2.10. The van der Waals surface area contributed by atoms with Crippen molar-refractivity contribution in [1.82, 2.24) is 0 Å². The minimum atomic E-state index is -4.40. The van der Waals surface area contributed by atoms with Crippen molar-refractivity contribution in [2.45, 2.75) is 19.6 Å². The molecule has 2 nitrogen and oxygen atoms in total. The molecule has 0 radical (unpaired) electrons. The molecule has 0 saturated carbocycles. The summed E-state index contributed by atoms with van der Waals surface area (Å²) in [6, 6.07) is 10.4. The van der Waals surface area contributed by atoms with Crippen molar-refractivity contribution in [1.29, 1.82) is 0 Å². The number of alkyl halides is 3. The average molecular weight is 281 g/mol. The molecule has 0 aliphatic rings. The average Bonchev–Trinajstić information content (AvgIpc) is 2.40. The zero-order valence-corrected chi connectivity index (χ0v) is 10.8. The summed E-state index contributed by atoms with van der Waals surface area (Å²) in [7, 11) is 0. The third kappa shape index (κ3) is 3.04. The van der Waals surface area contributed by atoms with Gasteiger partial charge in [0.15, 0.2) is 0 Å².